The third-order valence-electron chi connectivity index (χ3n) is 4.47. The Bertz CT molecular complexity index is 1280. The van der Waals surface area contributed by atoms with Crippen LogP contribution in [0.5, 0.6) is 0 Å². The van der Waals surface area contributed by atoms with E-state index in [-0.39, 0.29) is 22.9 Å². The fourth-order valence-corrected chi connectivity index (χ4v) is 3.29. The highest BCUT2D eigenvalue weighted by Gasteiger charge is 2.28. The molecule has 0 saturated carbocycles. The minimum atomic E-state index is -0.840. The van der Waals surface area contributed by atoms with Crippen molar-refractivity contribution < 1.29 is 18.7 Å². The van der Waals surface area contributed by atoms with Gasteiger partial charge < -0.3 is 19.8 Å². The second-order valence-electron chi connectivity index (χ2n) is 6.81. The van der Waals surface area contributed by atoms with Crippen molar-refractivity contribution in [2.45, 2.75) is 19.9 Å². The molecule has 0 radical (unpaired) electrons. The number of nitrogens with zero attached hydrogens (tertiary/aromatic N) is 4. The Balaban J connectivity index is 2.02. The van der Waals surface area contributed by atoms with Gasteiger partial charge in [0.25, 0.3) is 0 Å². The summed E-state index contributed by atoms with van der Waals surface area (Å²) in [5, 5.41) is 12.8. The molecular weight excluding hydrogens is 393 g/mol. The summed E-state index contributed by atoms with van der Waals surface area (Å²) in [7, 11) is 1.19. The zero-order valence-electron chi connectivity index (χ0n) is 16.4. The molecule has 0 aliphatic heterocycles. The normalized spacial score (nSPS) is 11.2. The second kappa shape index (κ2) is 7.43. The summed E-state index contributed by atoms with van der Waals surface area (Å²) in [6, 6.07) is -0.0912. The molecule has 0 unspecified atom stereocenters. The van der Waals surface area contributed by atoms with E-state index in [1.807, 2.05) is 13.8 Å². The van der Waals surface area contributed by atoms with Crippen LogP contribution in [0.1, 0.15) is 24.2 Å². The first-order valence-corrected chi connectivity index (χ1v) is 9.03. The monoisotopic (exact) mass is 411 g/mol. The number of esters is 1. The molecule has 0 atom stereocenters. The van der Waals surface area contributed by atoms with Crippen LogP contribution in [0.3, 0.4) is 0 Å². The number of amides is 1. The van der Waals surface area contributed by atoms with E-state index in [0.29, 0.717) is 34.5 Å². The lowest BCUT2D eigenvalue weighted by Crippen LogP contribution is -2.16. The molecule has 3 N–H and O–H groups in total. The van der Waals surface area contributed by atoms with Gasteiger partial charge in [-0.1, -0.05) is 0 Å². The number of hydrogen-bond donors (Lipinski definition) is 3. The predicted molar refractivity (Wildman–Crippen MR) is 108 cm³/mol. The number of carbonyl (C=O) groups is 2. The number of rotatable bonds is 6. The van der Waals surface area contributed by atoms with Crippen LogP contribution in [0.4, 0.5) is 15.9 Å². The van der Waals surface area contributed by atoms with Crippen molar-refractivity contribution in [2.75, 3.05) is 17.7 Å². The van der Waals surface area contributed by atoms with Crippen LogP contribution in [0.25, 0.3) is 27.8 Å². The lowest BCUT2D eigenvalue weighted by molar-refractivity contribution is -0.105. The Morgan fingerprint density at radius 1 is 1.33 bits per heavy atom. The molecule has 0 saturated heterocycles. The minimum Gasteiger partial charge on any atom is -0.465 e. The lowest BCUT2D eigenvalue weighted by Gasteiger charge is -2.17. The first-order chi connectivity index (χ1) is 14.4. The third-order valence-corrected chi connectivity index (χ3v) is 4.47. The molecule has 0 fully saturated rings. The highest BCUT2D eigenvalue weighted by atomic mass is 19.1. The number of nitrogens with one attached hydrogen (secondary N) is 3. The maximum atomic E-state index is 15.5. The number of aromatic nitrogens is 5. The Labute approximate surface area is 169 Å². The molecule has 10 nitrogen and oxygen atoms in total. The van der Waals surface area contributed by atoms with Crippen LogP contribution in [-0.2, 0) is 9.53 Å². The average Bonchev–Trinajstić information content (AvgIpc) is 3.35. The zero-order chi connectivity index (χ0) is 21.4. The van der Waals surface area contributed by atoms with Crippen molar-refractivity contribution in [2.24, 2.45) is 0 Å². The third kappa shape index (κ3) is 3.09. The van der Waals surface area contributed by atoms with Gasteiger partial charge in [-0.2, -0.15) is 5.10 Å². The van der Waals surface area contributed by atoms with Crippen molar-refractivity contribution in [3.05, 3.63) is 36.2 Å². The molecule has 1 amide bonds. The smallest absolute Gasteiger partial charge is 0.341 e. The quantitative estimate of drug-likeness (QED) is 0.329. The number of benzene rings is 1. The highest BCUT2D eigenvalue weighted by Crippen LogP contribution is 2.38. The zero-order valence-corrected chi connectivity index (χ0v) is 16.4. The second-order valence-corrected chi connectivity index (χ2v) is 6.81. The van der Waals surface area contributed by atoms with Gasteiger partial charge >= 0.3 is 5.97 Å². The van der Waals surface area contributed by atoms with Crippen molar-refractivity contribution in [3.63, 3.8) is 0 Å². The summed E-state index contributed by atoms with van der Waals surface area (Å²) in [5.74, 6) is -1.28. The molecule has 11 heteroatoms. The number of fused-ring (bicyclic) bond motifs is 2. The number of anilines is 2. The van der Waals surface area contributed by atoms with E-state index in [1.54, 1.807) is 16.8 Å². The van der Waals surface area contributed by atoms with Gasteiger partial charge in [0.15, 0.2) is 17.3 Å². The Hall–Kier alpha value is -4.02. The van der Waals surface area contributed by atoms with Gasteiger partial charge in [-0.25, -0.2) is 14.2 Å². The molecule has 0 aliphatic rings. The molecule has 0 bridgehead atoms. The van der Waals surface area contributed by atoms with Gasteiger partial charge in [0.2, 0.25) is 6.41 Å². The van der Waals surface area contributed by atoms with Gasteiger partial charge in [-0.05, 0) is 13.8 Å². The summed E-state index contributed by atoms with van der Waals surface area (Å²) in [6.07, 6.45) is 6.62. The summed E-state index contributed by atoms with van der Waals surface area (Å²) >= 11 is 0. The Morgan fingerprint density at radius 3 is 2.83 bits per heavy atom. The van der Waals surface area contributed by atoms with E-state index >= 15 is 4.39 Å². The van der Waals surface area contributed by atoms with E-state index in [9.17, 15) is 9.59 Å². The fraction of sp³-hybridized carbons (Fsp3) is 0.211. The number of H-pyrrole nitrogens is 1. The molecule has 4 aromatic rings. The van der Waals surface area contributed by atoms with Crippen LogP contribution in [0.2, 0.25) is 0 Å². The van der Waals surface area contributed by atoms with E-state index in [1.165, 1.54) is 19.5 Å². The summed E-state index contributed by atoms with van der Waals surface area (Å²) < 4.78 is 22.0. The van der Waals surface area contributed by atoms with Crippen LogP contribution < -0.4 is 10.6 Å². The number of carbonyl (C=O) groups excluding carboxylic acids is 2. The summed E-state index contributed by atoms with van der Waals surface area (Å²) in [5.41, 5.74) is 1.28. The van der Waals surface area contributed by atoms with Crippen molar-refractivity contribution in [3.8, 4) is 11.3 Å². The largest absolute Gasteiger partial charge is 0.465 e. The average molecular weight is 411 g/mol. The number of methoxy groups -OCH3 is 1. The lowest BCUT2D eigenvalue weighted by atomic mass is 9.98. The summed E-state index contributed by atoms with van der Waals surface area (Å²) in [4.78, 5) is 31.8. The van der Waals surface area contributed by atoms with Gasteiger partial charge in [0.1, 0.15) is 5.56 Å². The molecule has 0 aliphatic carbocycles. The van der Waals surface area contributed by atoms with Crippen LogP contribution in [0.15, 0.2) is 24.8 Å². The number of hydrogen-bond acceptors (Lipinski definition) is 7. The summed E-state index contributed by atoms with van der Waals surface area (Å²) in [6.45, 7) is 3.71. The fourth-order valence-electron chi connectivity index (χ4n) is 3.29. The number of aromatic amines is 1. The molecule has 154 valence electrons. The van der Waals surface area contributed by atoms with Gasteiger partial charge in [0.05, 0.1) is 42.6 Å². The van der Waals surface area contributed by atoms with Gasteiger partial charge in [-0.15, -0.1) is 0 Å². The van der Waals surface area contributed by atoms with E-state index < -0.39 is 11.8 Å². The molecule has 3 heterocycles. The maximum absolute atomic E-state index is 15.5. The topological polar surface area (TPSA) is 126 Å². The van der Waals surface area contributed by atoms with E-state index in [0.717, 1.165) is 0 Å². The standard InChI is InChI=1S/C19H18FN7O3/c1-9(2)24-18-16(20)15(19(29)30-3)14(10-4-23-26-17(10)18)11-6-27-7-12(22-8-28)25-13(27)5-21-11/h4-9,24H,1-3H3,(H,22,28)(H,23,26). The number of halogens is 1. The molecule has 4 rings (SSSR count). The van der Waals surface area contributed by atoms with E-state index in [2.05, 4.69) is 30.8 Å². The SMILES string of the molecule is COC(=O)c1c(F)c(NC(C)C)c2[nH]ncc2c1-c1cn2cc(NC=O)nc2cn1. The van der Waals surface area contributed by atoms with Crippen molar-refractivity contribution in [1.82, 2.24) is 24.6 Å². The predicted octanol–water partition coefficient (Wildman–Crippen LogP) is 2.59. The van der Waals surface area contributed by atoms with Crippen molar-refractivity contribution in [1.29, 1.82) is 0 Å². The minimum absolute atomic E-state index is 0.0912. The van der Waals surface area contributed by atoms with Crippen LogP contribution in [-0.4, -0.2) is 50.1 Å². The van der Waals surface area contributed by atoms with E-state index in [4.69, 9.17) is 4.74 Å². The number of ether oxygens (including phenoxy) is 1. The van der Waals surface area contributed by atoms with Gasteiger partial charge in [-0.3, -0.25) is 14.9 Å². The first-order valence-electron chi connectivity index (χ1n) is 9.03. The van der Waals surface area contributed by atoms with Crippen molar-refractivity contribution >= 4 is 40.4 Å². The molecule has 0 spiro atoms. The molecule has 1 aromatic carbocycles. The van der Waals surface area contributed by atoms with Gasteiger partial charge in [0, 0.05) is 23.2 Å². The maximum Gasteiger partial charge on any atom is 0.341 e. The highest BCUT2D eigenvalue weighted by molar-refractivity contribution is 6.11. The Morgan fingerprint density at radius 2 is 2.13 bits per heavy atom. The molecule has 30 heavy (non-hydrogen) atoms. The number of imidazole rings is 1. The molecule has 3 aromatic heterocycles. The Kier molecular flexibility index (Phi) is 4.78. The first kappa shape index (κ1) is 19.3. The van der Waals surface area contributed by atoms with Crippen LogP contribution in [0, 0.1) is 5.82 Å². The molecular formula is C19H18FN7O3. The van der Waals surface area contributed by atoms with Crippen LogP contribution >= 0.6 is 0 Å².